The largest absolute Gasteiger partial charge is 0.354 e. The van der Waals surface area contributed by atoms with E-state index in [2.05, 4.69) is 15.0 Å². The number of halogens is 1. The first-order chi connectivity index (χ1) is 12.0. The van der Waals surface area contributed by atoms with Crippen LogP contribution in [0.3, 0.4) is 0 Å². The summed E-state index contributed by atoms with van der Waals surface area (Å²) < 4.78 is 3.82. The predicted octanol–water partition coefficient (Wildman–Crippen LogP) is 4.00. The van der Waals surface area contributed by atoms with Crippen LogP contribution in [0.4, 0.5) is 5.82 Å². The Hall–Kier alpha value is -2.53. The number of aromatic nitrogens is 3. The van der Waals surface area contributed by atoms with Crippen molar-refractivity contribution in [2.45, 2.75) is 25.8 Å². The molecule has 1 atom stereocenters. The molecule has 1 aromatic carbocycles. The van der Waals surface area contributed by atoms with Gasteiger partial charge in [-0.05, 0) is 36.8 Å². The zero-order chi connectivity index (χ0) is 17.8. The van der Waals surface area contributed by atoms with Gasteiger partial charge >= 0.3 is 0 Å². The Morgan fingerprint density at radius 2 is 1.92 bits per heavy atom. The van der Waals surface area contributed by atoms with Gasteiger partial charge in [0.15, 0.2) is 5.82 Å². The van der Waals surface area contributed by atoms with Crippen molar-refractivity contribution in [1.29, 1.82) is 0 Å². The lowest BCUT2D eigenvalue weighted by atomic mass is 9.95. The summed E-state index contributed by atoms with van der Waals surface area (Å²) in [4.78, 5) is 12.5. The van der Waals surface area contributed by atoms with E-state index >= 15 is 0 Å². The van der Waals surface area contributed by atoms with Crippen molar-refractivity contribution in [2.24, 2.45) is 7.05 Å². The Kier molecular flexibility index (Phi) is 5.24. The lowest BCUT2D eigenvalue weighted by Crippen LogP contribution is -2.19. The van der Waals surface area contributed by atoms with Crippen LogP contribution in [0.1, 0.15) is 23.6 Å². The Labute approximate surface area is 152 Å². The highest BCUT2D eigenvalue weighted by atomic mass is 35.5. The number of carbonyl (C=O) groups is 1. The number of benzene rings is 1. The molecule has 5 nitrogen and oxygen atoms in total. The maximum absolute atomic E-state index is 12.5. The first kappa shape index (κ1) is 17.3. The fourth-order valence-corrected chi connectivity index (χ4v) is 2.93. The van der Waals surface area contributed by atoms with Crippen molar-refractivity contribution < 1.29 is 4.79 Å². The molecule has 0 bridgehead atoms. The number of nitrogens with zero attached hydrogens (tertiary/aromatic N) is 3. The highest BCUT2D eigenvalue weighted by Crippen LogP contribution is 2.24. The molecule has 1 N–H and O–H groups in total. The molecule has 0 saturated heterocycles. The number of rotatable bonds is 6. The lowest BCUT2D eigenvalue weighted by molar-refractivity contribution is -0.116. The molecule has 2 aromatic heterocycles. The lowest BCUT2D eigenvalue weighted by Gasteiger charge is -2.18. The molecule has 0 aliphatic carbocycles. The molecule has 1 amide bonds. The normalized spacial score (nSPS) is 12.1. The van der Waals surface area contributed by atoms with Crippen LogP contribution in [0.25, 0.3) is 0 Å². The van der Waals surface area contributed by atoms with E-state index in [1.807, 2.05) is 68.8 Å². The zero-order valence-electron chi connectivity index (χ0n) is 14.3. The smallest absolute Gasteiger partial charge is 0.226 e. The van der Waals surface area contributed by atoms with E-state index in [1.165, 1.54) is 0 Å². The molecule has 3 rings (SSSR count). The second-order valence-corrected chi connectivity index (χ2v) is 6.61. The number of hydrogen-bond acceptors (Lipinski definition) is 2. The summed E-state index contributed by atoms with van der Waals surface area (Å²) in [5, 5.41) is 7.86. The number of anilines is 1. The molecule has 0 fully saturated rings. The molecule has 0 aliphatic rings. The SMILES string of the molecule is Cc1cc(NC(=O)C[C@H](Cn2cccc2)c2ccc(Cl)cc2)nn1C. The summed E-state index contributed by atoms with van der Waals surface area (Å²) in [5.74, 6) is 0.584. The third kappa shape index (κ3) is 4.51. The van der Waals surface area contributed by atoms with Crippen molar-refractivity contribution in [2.75, 3.05) is 5.32 Å². The van der Waals surface area contributed by atoms with Crippen molar-refractivity contribution in [1.82, 2.24) is 14.3 Å². The first-order valence-electron chi connectivity index (χ1n) is 8.18. The Balaban J connectivity index is 1.74. The monoisotopic (exact) mass is 356 g/mol. The van der Waals surface area contributed by atoms with Gasteiger partial charge in [-0.15, -0.1) is 0 Å². The van der Waals surface area contributed by atoms with Crippen LogP contribution in [-0.4, -0.2) is 20.3 Å². The van der Waals surface area contributed by atoms with Crippen molar-refractivity contribution in [3.05, 3.63) is 71.1 Å². The van der Waals surface area contributed by atoms with Crippen molar-refractivity contribution in [3.63, 3.8) is 0 Å². The van der Waals surface area contributed by atoms with Crippen LogP contribution >= 0.6 is 11.6 Å². The summed E-state index contributed by atoms with van der Waals surface area (Å²) >= 11 is 5.99. The Morgan fingerprint density at radius 1 is 1.24 bits per heavy atom. The van der Waals surface area contributed by atoms with Gasteiger partial charge in [0.1, 0.15) is 0 Å². The molecule has 2 heterocycles. The minimum atomic E-state index is -0.0507. The van der Waals surface area contributed by atoms with Gasteiger partial charge in [-0.1, -0.05) is 23.7 Å². The van der Waals surface area contributed by atoms with Crippen LogP contribution in [0.2, 0.25) is 5.02 Å². The standard InChI is InChI=1S/C19H21ClN4O/c1-14-11-18(22-23(14)2)21-19(25)12-16(13-24-9-3-4-10-24)15-5-7-17(20)8-6-15/h3-11,16H,12-13H2,1-2H3,(H,21,22,25)/t16-/m1/s1. The third-order valence-electron chi connectivity index (χ3n) is 4.25. The van der Waals surface area contributed by atoms with Crippen LogP contribution < -0.4 is 5.32 Å². The predicted molar refractivity (Wildman–Crippen MR) is 99.8 cm³/mol. The number of amides is 1. The van der Waals surface area contributed by atoms with Gasteiger partial charge in [0, 0.05) is 55.1 Å². The first-order valence-corrected chi connectivity index (χ1v) is 8.56. The van der Waals surface area contributed by atoms with Crippen LogP contribution in [0, 0.1) is 6.92 Å². The average molecular weight is 357 g/mol. The molecule has 0 spiro atoms. The summed E-state index contributed by atoms with van der Waals surface area (Å²) in [5.41, 5.74) is 2.09. The minimum Gasteiger partial charge on any atom is -0.354 e. The van der Waals surface area contributed by atoms with Gasteiger partial charge in [0.25, 0.3) is 0 Å². The fourth-order valence-electron chi connectivity index (χ4n) is 2.81. The number of hydrogen-bond donors (Lipinski definition) is 1. The second-order valence-electron chi connectivity index (χ2n) is 6.18. The van der Waals surface area contributed by atoms with E-state index in [-0.39, 0.29) is 11.8 Å². The van der Waals surface area contributed by atoms with Gasteiger partial charge in [0.2, 0.25) is 5.91 Å². The van der Waals surface area contributed by atoms with E-state index in [0.29, 0.717) is 17.3 Å². The Morgan fingerprint density at radius 3 is 2.52 bits per heavy atom. The summed E-state index contributed by atoms with van der Waals surface area (Å²) in [6.07, 6.45) is 4.38. The van der Waals surface area contributed by atoms with Gasteiger partial charge in [0.05, 0.1) is 0 Å². The zero-order valence-corrected chi connectivity index (χ0v) is 15.1. The molecule has 0 aliphatic heterocycles. The summed E-state index contributed by atoms with van der Waals surface area (Å²) in [6.45, 7) is 2.68. The van der Waals surface area contributed by atoms with Gasteiger partial charge in [-0.2, -0.15) is 5.10 Å². The minimum absolute atomic E-state index is 0.0504. The average Bonchev–Trinajstić information content (AvgIpc) is 3.18. The van der Waals surface area contributed by atoms with Crippen LogP contribution in [-0.2, 0) is 18.4 Å². The van der Waals surface area contributed by atoms with E-state index in [4.69, 9.17) is 11.6 Å². The summed E-state index contributed by atoms with van der Waals surface area (Å²) in [6, 6.07) is 13.5. The molecule has 0 radical (unpaired) electrons. The molecule has 0 saturated carbocycles. The molecule has 0 unspecified atom stereocenters. The molecule has 25 heavy (non-hydrogen) atoms. The van der Waals surface area contributed by atoms with Gasteiger partial charge < -0.3 is 9.88 Å². The van der Waals surface area contributed by atoms with Crippen LogP contribution in [0.15, 0.2) is 54.9 Å². The van der Waals surface area contributed by atoms with E-state index in [1.54, 1.807) is 4.68 Å². The van der Waals surface area contributed by atoms with Gasteiger partial charge in [-0.3, -0.25) is 9.48 Å². The second kappa shape index (κ2) is 7.57. The molecule has 3 aromatic rings. The molecular weight excluding hydrogens is 336 g/mol. The highest BCUT2D eigenvalue weighted by molar-refractivity contribution is 6.30. The summed E-state index contributed by atoms with van der Waals surface area (Å²) in [7, 11) is 1.85. The van der Waals surface area contributed by atoms with Crippen molar-refractivity contribution in [3.8, 4) is 0 Å². The van der Waals surface area contributed by atoms with E-state index in [0.717, 1.165) is 17.8 Å². The third-order valence-corrected chi connectivity index (χ3v) is 4.50. The maximum atomic E-state index is 12.5. The van der Waals surface area contributed by atoms with Crippen LogP contribution in [0.5, 0.6) is 0 Å². The number of aryl methyl sites for hydroxylation is 2. The molecular formula is C19H21ClN4O. The number of nitrogens with one attached hydrogen (secondary N) is 1. The fraction of sp³-hybridized carbons (Fsp3) is 0.263. The number of carbonyl (C=O) groups excluding carboxylic acids is 1. The Bertz CT molecular complexity index is 817. The van der Waals surface area contributed by atoms with E-state index < -0.39 is 0 Å². The van der Waals surface area contributed by atoms with Gasteiger partial charge in [-0.25, -0.2) is 0 Å². The topological polar surface area (TPSA) is 51.9 Å². The van der Waals surface area contributed by atoms with E-state index in [9.17, 15) is 4.79 Å². The highest BCUT2D eigenvalue weighted by Gasteiger charge is 2.18. The van der Waals surface area contributed by atoms with Crippen molar-refractivity contribution >= 4 is 23.3 Å². The maximum Gasteiger partial charge on any atom is 0.226 e. The molecule has 130 valence electrons. The quantitative estimate of drug-likeness (QED) is 0.725. The molecule has 6 heteroatoms.